The second-order valence-electron chi connectivity index (χ2n) is 7.52. The van der Waals surface area contributed by atoms with E-state index in [0.717, 1.165) is 49.7 Å². The van der Waals surface area contributed by atoms with Gasteiger partial charge in [-0.25, -0.2) is 0 Å². The molecule has 2 heterocycles. The molecule has 8 nitrogen and oxygen atoms in total. The van der Waals surface area contributed by atoms with Gasteiger partial charge in [-0.15, -0.1) is 0 Å². The average Bonchev–Trinajstić information content (AvgIpc) is 3.28. The topological polar surface area (TPSA) is 83.7 Å². The summed E-state index contributed by atoms with van der Waals surface area (Å²) in [6.07, 6.45) is 0.490. The molecular weight excluding hydrogens is 394 g/mol. The number of hydrogen-bond donors (Lipinski definition) is 1. The van der Waals surface area contributed by atoms with Crippen LogP contribution in [0, 0.1) is 0 Å². The highest BCUT2D eigenvalue weighted by Gasteiger charge is 2.20. The molecule has 8 heteroatoms. The summed E-state index contributed by atoms with van der Waals surface area (Å²) in [5.74, 6) is 2.04. The molecule has 0 unspecified atom stereocenters. The van der Waals surface area contributed by atoms with Crippen LogP contribution in [0.2, 0.25) is 0 Å². The molecule has 1 fully saturated rings. The van der Waals surface area contributed by atoms with Crippen molar-refractivity contribution in [1.82, 2.24) is 19.9 Å². The third kappa shape index (κ3) is 5.90. The van der Waals surface area contributed by atoms with Gasteiger partial charge in [-0.1, -0.05) is 23.4 Å². The van der Waals surface area contributed by atoms with Gasteiger partial charge in [0.25, 0.3) is 0 Å². The molecule has 31 heavy (non-hydrogen) atoms. The van der Waals surface area contributed by atoms with Crippen LogP contribution in [0.1, 0.15) is 12.3 Å². The van der Waals surface area contributed by atoms with Gasteiger partial charge in [0.1, 0.15) is 5.75 Å². The summed E-state index contributed by atoms with van der Waals surface area (Å²) in [5, 5.41) is 7.03. The Hall–Kier alpha value is -3.23. The van der Waals surface area contributed by atoms with Crippen LogP contribution in [0.3, 0.4) is 0 Å². The molecule has 0 spiro atoms. The summed E-state index contributed by atoms with van der Waals surface area (Å²) < 4.78 is 10.6. The molecule has 0 saturated carbocycles. The van der Waals surface area contributed by atoms with Gasteiger partial charge in [0.15, 0.2) is 0 Å². The number of nitrogens with zero attached hydrogens (tertiary/aromatic N) is 4. The van der Waals surface area contributed by atoms with Crippen molar-refractivity contribution in [2.24, 2.45) is 0 Å². The summed E-state index contributed by atoms with van der Waals surface area (Å²) in [5.41, 5.74) is 1.74. The van der Waals surface area contributed by atoms with E-state index >= 15 is 0 Å². The maximum absolute atomic E-state index is 12.1. The Morgan fingerprint density at radius 2 is 1.74 bits per heavy atom. The molecule has 1 saturated heterocycles. The highest BCUT2D eigenvalue weighted by atomic mass is 16.5. The summed E-state index contributed by atoms with van der Waals surface area (Å²) in [4.78, 5) is 21.3. The number of methoxy groups -OCH3 is 1. The maximum Gasteiger partial charge on any atom is 0.241 e. The fourth-order valence-corrected chi connectivity index (χ4v) is 3.54. The zero-order chi connectivity index (χ0) is 21.5. The van der Waals surface area contributed by atoms with E-state index < -0.39 is 0 Å². The Labute approximate surface area is 181 Å². The van der Waals surface area contributed by atoms with E-state index in [2.05, 4.69) is 25.3 Å². The first-order valence-corrected chi connectivity index (χ1v) is 10.5. The molecular formula is C23H27N5O3. The molecule has 1 amide bonds. The van der Waals surface area contributed by atoms with Crippen molar-refractivity contribution in [3.8, 4) is 17.1 Å². The Kier molecular flexibility index (Phi) is 6.91. The zero-order valence-electron chi connectivity index (χ0n) is 17.7. The number of ether oxygens (including phenoxy) is 1. The highest BCUT2D eigenvalue weighted by molar-refractivity contribution is 5.90. The number of carbonyl (C=O) groups excluding carboxylic acids is 1. The normalized spacial score (nSPS) is 15.0. The van der Waals surface area contributed by atoms with Crippen LogP contribution in [-0.4, -0.2) is 65.7 Å². The molecule has 0 radical (unpaired) electrons. The minimum atomic E-state index is 0.0468. The van der Waals surface area contributed by atoms with Gasteiger partial charge in [0, 0.05) is 50.4 Å². The SMILES string of the molecule is COc1ccc(-c2noc(CN3CCN(CCC(=O)Nc4ccccc4)CC3)n2)cc1. The molecule has 1 aliphatic rings. The summed E-state index contributed by atoms with van der Waals surface area (Å²) in [6.45, 7) is 5.03. The maximum atomic E-state index is 12.1. The zero-order valence-corrected chi connectivity index (χ0v) is 17.7. The largest absolute Gasteiger partial charge is 0.497 e. The lowest BCUT2D eigenvalue weighted by molar-refractivity contribution is -0.116. The second kappa shape index (κ2) is 10.2. The number of anilines is 1. The molecule has 0 aliphatic carbocycles. The molecule has 0 atom stereocenters. The van der Waals surface area contributed by atoms with Gasteiger partial charge in [0.05, 0.1) is 13.7 Å². The minimum Gasteiger partial charge on any atom is -0.497 e. The lowest BCUT2D eigenvalue weighted by Crippen LogP contribution is -2.46. The number of rotatable bonds is 8. The predicted octanol–water partition coefficient (Wildman–Crippen LogP) is 2.89. The third-order valence-electron chi connectivity index (χ3n) is 5.35. The first-order chi connectivity index (χ1) is 15.2. The summed E-state index contributed by atoms with van der Waals surface area (Å²) >= 11 is 0. The average molecular weight is 422 g/mol. The Morgan fingerprint density at radius 1 is 1.03 bits per heavy atom. The van der Waals surface area contributed by atoms with E-state index in [-0.39, 0.29) is 5.91 Å². The minimum absolute atomic E-state index is 0.0468. The molecule has 1 aliphatic heterocycles. The van der Waals surface area contributed by atoms with Gasteiger partial charge in [0.2, 0.25) is 17.6 Å². The Bertz CT molecular complexity index is 966. The third-order valence-corrected chi connectivity index (χ3v) is 5.35. The van der Waals surface area contributed by atoms with Crippen LogP contribution in [-0.2, 0) is 11.3 Å². The van der Waals surface area contributed by atoms with Crippen LogP contribution < -0.4 is 10.1 Å². The highest BCUT2D eigenvalue weighted by Crippen LogP contribution is 2.20. The number of carbonyl (C=O) groups is 1. The van der Waals surface area contributed by atoms with Crippen LogP contribution in [0.15, 0.2) is 59.1 Å². The Morgan fingerprint density at radius 3 is 2.45 bits per heavy atom. The molecule has 1 N–H and O–H groups in total. The lowest BCUT2D eigenvalue weighted by Gasteiger charge is -2.33. The van der Waals surface area contributed by atoms with Crippen LogP contribution in [0.5, 0.6) is 5.75 Å². The lowest BCUT2D eigenvalue weighted by atomic mass is 10.2. The standard InChI is InChI=1S/C23H27N5O3/c1-30-20-9-7-18(8-10-20)23-25-22(31-26-23)17-28-15-13-27(14-16-28)12-11-21(29)24-19-5-3-2-4-6-19/h2-10H,11-17H2,1H3,(H,24,29). The van der Waals surface area contributed by atoms with Crippen molar-refractivity contribution >= 4 is 11.6 Å². The van der Waals surface area contributed by atoms with Gasteiger partial charge < -0.3 is 19.5 Å². The number of para-hydroxylation sites is 1. The van der Waals surface area contributed by atoms with Gasteiger partial charge in [-0.2, -0.15) is 4.98 Å². The fourth-order valence-electron chi connectivity index (χ4n) is 3.54. The molecule has 2 aromatic carbocycles. The van der Waals surface area contributed by atoms with Gasteiger partial charge >= 0.3 is 0 Å². The van der Waals surface area contributed by atoms with Gasteiger partial charge in [-0.3, -0.25) is 9.69 Å². The molecule has 4 rings (SSSR count). The van der Waals surface area contributed by atoms with E-state index in [1.54, 1.807) is 7.11 Å². The number of amides is 1. The number of nitrogens with one attached hydrogen (secondary N) is 1. The van der Waals surface area contributed by atoms with E-state index in [4.69, 9.17) is 9.26 Å². The molecule has 3 aromatic rings. The van der Waals surface area contributed by atoms with Crippen molar-refractivity contribution in [3.63, 3.8) is 0 Å². The van der Waals surface area contributed by atoms with Crippen LogP contribution in [0.4, 0.5) is 5.69 Å². The van der Waals surface area contributed by atoms with E-state index in [1.165, 1.54) is 0 Å². The number of benzene rings is 2. The van der Waals surface area contributed by atoms with E-state index in [1.807, 2.05) is 54.6 Å². The second-order valence-corrected chi connectivity index (χ2v) is 7.52. The van der Waals surface area contributed by atoms with Crippen molar-refractivity contribution in [2.45, 2.75) is 13.0 Å². The van der Waals surface area contributed by atoms with Crippen molar-refractivity contribution in [2.75, 3.05) is 45.2 Å². The fraction of sp³-hybridized carbons (Fsp3) is 0.348. The summed E-state index contributed by atoms with van der Waals surface area (Å²) in [6, 6.07) is 17.2. The van der Waals surface area contributed by atoms with Crippen molar-refractivity contribution in [3.05, 3.63) is 60.5 Å². The van der Waals surface area contributed by atoms with E-state index in [0.29, 0.717) is 24.7 Å². The molecule has 162 valence electrons. The first-order valence-electron chi connectivity index (χ1n) is 10.5. The quantitative estimate of drug-likeness (QED) is 0.599. The predicted molar refractivity (Wildman–Crippen MR) is 118 cm³/mol. The van der Waals surface area contributed by atoms with Crippen molar-refractivity contribution in [1.29, 1.82) is 0 Å². The molecule has 1 aromatic heterocycles. The van der Waals surface area contributed by atoms with E-state index in [9.17, 15) is 4.79 Å². The van der Waals surface area contributed by atoms with Crippen molar-refractivity contribution < 1.29 is 14.1 Å². The first kappa shape index (κ1) is 21.0. The molecule has 0 bridgehead atoms. The summed E-state index contributed by atoms with van der Waals surface area (Å²) in [7, 11) is 1.64. The number of aromatic nitrogens is 2. The van der Waals surface area contributed by atoms with Crippen LogP contribution in [0.25, 0.3) is 11.4 Å². The monoisotopic (exact) mass is 421 g/mol. The van der Waals surface area contributed by atoms with Crippen LogP contribution >= 0.6 is 0 Å². The van der Waals surface area contributed by atoms with Gasteiger partial charge in [-0.05, 0) is 36.4 Å². The Balaban J connectivity index is 1.20. The number of piperazine rings is 1. The smallest absolute Gasteiger partial charge is 0.241 e. The number of hydrogen-bond acceptors (Lipinski definition) is 7.